The fourth-order valence-electron chi connectivity index (χ4n) is 3.05. The highest BCUT2D eigenvalue weighted by Gasteiger charge is 2.29. The standard InChI is InChI=1S/C19H25ClN4O.ClH/c1-19(2,3)24-12-15(18(25)23(4)13-9-10-21-11-13)17(22-24)14-7-5-6-8-16(14)20;/h5-8,12-13,21H,9-11H2,1-4H3;1H. The summed E-state index contributed by atoms with van der Waals surface area (Å²) >= 11 is 6.38. The number of benzene rings is 1. The monoisotopic (exact) mass is 396 g/mol. The number of hydrogen-bond donors (Lipinski definition) is 1. The zero-order chi connectivity index (χ0) is 18.2. The van der Waals surface area contributed by atoms with E-state index >= 15 is 0 Å². The van der Waals surface area contributed by atoms with E-state index < -0.39 is 0 Å². The van der Waals surface area contributed by atoms with Gasteiger partial charge in [0.1, 0.15) is 5.69 Å². The molecule has 2 aromatic rings. The summed E-state index contributed by atoms with van der Waals surface area (Å²) in [5.41, 5.74) is 1.80. The molecular weight excluding hydrogens is 371 g/mol. The van der Waals surface area contributed by atoms with Gasteiger partial charge in [0, 0.05) is 31.4 Å². The van der Waals surface area contributed by atoms with E-state index in [2.05, 4.69) is 26.1 Å². The van der Waals surface area contributed by atoms with Crippen LogP contribution in [0.4, 0.5) is 0 Å². The predicted octanol–water partition coefficient (Wildman–Crippen LogP) is 3.81. The largest absolute Gasteiger partial charge is 0.337 e. The molecule has 0 spiro atoms. The molecule has 1 aliphatic rings. The molecule has 1 aromatic carbocycles. The van der Waals surface area contributed by atoms with Gasteiger partial charge in [-0.2, -0.15) is 5.10 Å². The van der Waals surface area contributed by atoms with E-state index in [4.69, 9.17) is 16.7 Å². The van der Waals surface area contributed by atoms with E-state index in [-0.39, 0.29) is 29.9 Å². The Morgan fingerprint density at radius 3 is 2.62 bits per heavy atom. The van der Waals surface area contributed by atoms with Crippen LogP contribution in [0, 0.1) is 0 Å². The Hall–Kier alpha value is -1.56. The summed E-state index contributed by atoms with van der Waals surface area (Å²) in [5.74, 6) is -0.0147. The number of nitrogens with zero attached hydrogens (tertiary/aromatic N) is 3. The highest BCUT2D eigenvalue weighted by Crippen LogP contribution is 2.31. The molecule has 142 valence electrons. The van der Waals surface area contributed by atoms with Gasteiger partial charge < -0.3 is 10.2 Å². The van der Waals surface area contributed by atoms with Crippen LogP contribution in [0.2, 0.25) is 5.02 Å². The molecule has 7 heteroatoms. The van der Waals surface area contributed by atoms with Crippen molar-refractivity contribution >= 4 is 29.9 Å². The summed E-state index contributed by atoms with van der Waals surface area (Å²) in [4.78, 5) is 15.0. The number of carbonyl (C=O) groups excluding carboxylic acids is 1. The first kappa shape index (κ1) is 20.7. The van der Waals surface area contributed by atoms with Crippen LogP contribution in [0.5, 0.6) is 0 Å². The second-order valence-electron chi connectivity index (χ2n) is 7.55. The SMILES string of the molecule is CN(C(=O)c1cn(C(C)(C)C)nc1-c1ccccc1Cl)C1CCNC1.Cl. The van der Waals surface area contributed by atoms with Crippen molar-refractivity contribution in [3.05, 3.63) is 41.0 Å². The molecule has 1 N–H and O–H groups in total. The third-order valence-corrected chi connectivity index (χ3v) is 4.99. The predicted molar refractivity (Wildman–Crippen MR) is 108 cm³/mol. The van der Waals surface area contributed by atoms with E-state index in [1.165, 1.54) is 0 Å². The van der Waals surface area contributed by atoms with Crippen LogP contribution in [0.3, 0.4) is 0 Å². The van der Waals surface area contributed by atoms with Crippen molar-refractivity contribution in [2.75, 3.05) is 20.1 Å². The van der Waals surface area contributed by atoms with Gasteiger partial charge in [0.25, 0.3) is 5.91 Å². The van der Waals surface area contributed by atoms with Crippen LogP contribution in [-0.2, 0) is 5.54 Å². The Balaban J connectivity index is 0.00000243. The lowest BCUT2D eigenvalue weighted by molar-refractivity contribution is 0.0744. The maximum absolute atomic E-state index is 13.2. The number of likely N-dealkylation sites (N-methyl/N-ethyl adjacent to an activating group) is 1. The number of rotatable bonds is 3. The third-order valence-electron chi connectivity index (χ3n) is 4.66. The van der Waals surface area contributed by atoms with Crippen molar-refractivity contribution in [1.82, 2.24) is 20.0 Å². The molecule has 0 bridgehead atoms. The molecule has 2 heterocycles. The van der Waals surface area contributed by atoms with Gasteiger partial charge in [0.2, 0.25) is 0 Å². The molecule has 26 heavy (non-hydrogen) atoms. The lowest BCUT2D eigenvalue weighted by atomic mass is 10.1. The van der Waals surface area contributed by atoms with Crippen molar-refractivity contribution in [3.8, 4) is 11.3 Å². The second-order valence-corrected chi connectivity index (χ2v) is 7.96. The van der Waals surface area contributed by atoms with Crippen LogP contribution in [0.15, 0.2) is 30.5 Å². The Morgan fingerprint density at radius 1 is 1.35 bits per heavy atom. The second kappa shape index (κ2) is 7.99. The fourth-order valence-corrected chi connectivity index (χ4v) is 3.28. The van der Waals surface area contributed by atoms with Gasteiger partial charge in [0.05, 0.1) is 16.1 Å². The first-order valence-electron chi connectivity index (χ1n) is 8.62. The molecular formula is C19H26Cl2N4O. The Labute approximate surface area is 166 Å². The smallest absolute Gasteiger partial charge is 0.257 e. The van der Waals surface area contributed by atoms with Crippen molar-refractivity contribution in [1.29, 1.82) is 0 Å². The number of nitrogens with one attached hydrogen (secondary N) is 1. The van der Waals surface area contributed by atoms with Crippen LogP contribution in [-0.4, -0.2) is 46.8 Å². The van der Waals surface area contributed by atoms with Crippen molar-refractivity contribution in [3.63, 3.8) is 0 Å². The van der Waals surface area contributed by atoms with Crippen LogP contribution in [0.25, 0.3) is 11.3 Å². The number of aromatic nitrogens is 2. The molecule has 5 nitrogen and oxygen atoms in total. The van der Waals surface area contributed by atoms with Crippen molar-refractivity contribution in [2.45, 2.75) is 38.8 Å². The van der Waals surface area contributed by atoms with Gasteiger partial charge in [-0.05, 0) is 39.8 Å². The normalized spacial score (nSPS) is 17.0. The molecule has 1 fully saturated rings. The summed E-state index contributed by atoms with van der Waals surface area (Å²) in [6.45, 7) is 7.97. The van der Waals surface area contributed by atoms with Gasteiger partial charge in [-0.15, -0.1) is 12.4 Å². The summed E-state index contributed by atoms with van der Waals surface area (Å²) in [6.07, 6.45) is 2.82. The Kier molecular flexibility index (Phi) is 6.37. The highest BCUT2D eigenvalue weighted by atomic mass is 35.5. The zero-order valence-electron chi connectivity index (χ0n) is 15.6. The lowest BCUT2D eigenvalue weighted by Crippen LogP contribution is -2.38. The average molecular weight is 397 g/mol. The number of halogens is 2. The van der Waals surface area contributed by atoms with E-state index in [1.807, 2.05) is 47.1 Å². The van der Waals surface area contributed by atoms with E-state index in [1.54, 1.807) is 0 Å². The van der Waals surface area contributed by atoms with Crippen LogP contribution in [0.1, 0.15) is 37.6 Å². The topological polar surface area (TPSA) is 50.2 Å². The first-order valence-corrected chi connectivity index (χ1v) is 9.00. The summed E-state index contributed by atoms with van der Waals surface area (Å²) in [5, 5.41) is 8.62. The highest BCUT2D eigenvalue weighted by molar-refractivity contribution is 6.33. The molecule has 1 amide bonds. The Morgan fingerprint density at radius 2 is 2.04 bits per heavy atom. The quantitative estimate of drug-likeness (QED) is 0.857. The summed E-state index contributed by atoms with van der Waals surface area (Å²) in [6, 6.07) is 7.74. The molecule has 3 rings (SSSR count). The molecule has 1 aliphatic heterocycles. The lowest BCUT2D eigenvalue weighted by Gasteiger charge is -2.23. The Bertz CT molecular complexity index is 776. The molecule has 0 saturated carbocycles. The molecule has 0 radical (unpaired) electrons. The average Bonchev–Trinajstić information content (AvgIpc) is 3.23. The fraction of sp³-hybridized carbons (Fsp3) is 0.474. The maximum Gasteiger partial charge on any atom is 0.257 e. The number of hydrogen-bond acceptors (Lipinski definition) is 3. The zero-order valence-corrected chi connectivity index (χ0v) is 17.2. The summed E-state index contributed by atoms with van der Waals surface area (Å²) < 4.78 is 1.85. The molecule has 1 unspecified atom stereocenters. The molecule has 1 atom stereocenters. The molecule has 1 saturated heterocycles. The van der Waals surface area contributed by atoms with Gasteiger partial charge in [-0.25, -0.2) is 0 Å². The van der Waals surface area contributed by atoms with Gasteiger partial charge in [0.15, 0.2) is 0 Å². The third kappa shape index (κ3) is 4.05. The molecule has 0 aliphatic carbocycles. The summed E-state index contributed by atoms with van der Waals surface area (Å²) in [7, 11) is 1.87. The number of carbonyl (C=O) groups is 1. The molecule has 1 aromatic heterocycles. The maximum atomic E-state index is 13.2. The van der Waals surface area contributed by atoms with Gasteiger partial charge in [-0.1, -0.05) is 29.8 Å². The number of amides is 1. The van der Waals surface area contributed by atoms with Crippen molar-refractivity contribution in [2.24, 2.45) is 0 Å². The van der Waals surface area contributed by atoms with Gasteiger partial charge in [-0.3, -0.25) is 9.48 Å². The minimum Gasteiger partial charge on any atom is -0.337 e. The minimum absolute atomic E-state index is 0. The minimum atomic E-state index is -0.220. The van der Waals surface area contributed by atoms with Crippen LogP contribution >= 0.6 is 24.0 Å². The van der Waals surface area contributed by atoms with E-state index in [0.717, 1.165) is 25.1 Å². The van der Waals surface area contributed by atoms with E-state index in [9.17, 15) is 4.79 Å². The van der Waals surface area contributed by atoms with Crippen molar-refractivity contribution < 1.29 is 4.79 Å². The van der Waals surface area contributed by atoms with Crippen LogP contribution < -0.4 is 5.32 Å². The van der Waals surface area contributed by atoms with E-state index in [0.29, 0.717) is 16.3 Å². The first-order chi connectivity index (χ1) is 11.8. The van der Waals surface area contributed by atoms with Gasteiger partial charge >= 0.3 is 0 Å².